The average molecular weight is 757 g/mol. The second-order valence-electron chi connectivity index (χ2n) is 13.8. The van der Waals surface area contributed by atoms with E-state index in [1.165, 1.54) is 13.2 Å². The molecule has 1 aliphatic carbocycles. The van der Waals surface area contributed by atoms with Gasteiger partial charge in [-0.2, -0.15) is 0 Å². The summed E-state index contributed by atoms with van der Waals surface area (Å²) in [6.07, 6.45) is 2.26. The van der Waals surface area contributed by atoms with Gasteiger partial charge in [0, 0.05) is 51.8 Å². The second kappa shape index (κ2) is 17.7. The number of nitrogens with one attached hydrogen (secondary N) is 3. The van der Waals surface area contributed by atoms with E-state index in [-0.39, 0.29) is 35.6 Å². The van der Waals surface area contributed by atoms with E-state index in [1.54, 1.807) is 74.6 Å². The number of nitrogens with zero attached hydrogens (tertiary/aromatic N) is 1. The molecule has 1 aliphatic heterocycles. The zero-order chi connectivity index (χ0) is 39.0. The molecular weight excluding hydrogens is 709 g/mol. The number of alkyl carbamates (subject to hydrolysis) is 1. The molecule has 2 aliphatic rings. The number of aliphatic hydroxyl groups excluding tert-OH is 1. The number of hydrogen-bond donors (Lipinski definition) is 4. The Morgan fingerprint density at radius 2 is 1.65 bits per heavy atom. The van der Waals surface area contributed by atoms with Gasteiger partial charge in [0.2, 0.25) is 0 Å². The fraction of sp³-hybridized carbons (Fsp3) is 0.390. The summed E-state index contributed by atoms with van der Waals surface area (Å²) >= 11 is 1.55. The van der Waals surface area contributed by atoms with E-state index < -0.39 is 29.5 Å². The number of thiophene rings is 1. The van der Waals surface area contributed by atoms with Crippen LogP contribution in [0.15, 0.2) is 60.0 Å². The molecule has 286 valence electrons. The van der Waals surface area contributed by atoms with Gasteiger partial charge >= 0.3 is 12.1 Å². The molecule has 0 saturated heterocycles. The summed E-state index contributed by atoms with van der Waals surface area (Å²) in [4.78, 5) is 58.2. The predicted octanol–water partition coefficient (Wildman–Crippen LogP) is 7.54. The zero-order valence-corrected chi connectivity index (χ0v) is 32.4. The van der Waals surface area contributed by atoms with Crippen molar-refractivity contribution in [3.05, 3.63) is 88.1 Å². The van der Waals surface area contributed by atoms with E-state index in [4.69, 9.17) is 14.2 Å². The summed E-state index contributed by atoms with van der Waals surface area (Å²) in [6, 6.07) is 15.6. The van der Waals surface area contributed by atoms with E-state index in [0.29, 0.717) is 61.3 Å². The summed E-state index contributed by atoms with van der Waals surface area (Å²) in [5.41, 5.74) is 3.37. The maximum absolute atomic E-state index is 14.2. The number of carbonyl (C=O) groups is 4. The number of methoxy groups -OCH3 is 1. The minimum Gasteiger partial charge on any atom is -0.493 e. The minimum atomic E-state index is -0.774. The lowest BCUT2D eigenvalue weighted by atomic mass is 9.92. The van der Waals surface area contributed by atoms with Crippen molar-refractivity contribution >= 4 is 40.9 Å². The molecule has 1 saturated carbocycles. The fourth-order valence-electron chi connectivity index (χ4n) is 6.25. The van der Waals surface area contributed by atoms with Crippen LogP contribution in [0.25, 0.3) is 21.6 Å². The van der Waals surface area contributed by atoms with Gasteiger partial charge in [0.15, 0.2) is 5.69 Å². The molecule has 0 spiro atoms. The van der Waals surface area contributed by atoms with E-state index in [0.717, 1.165) is 21.6 Å². The number of rotatable bonds is 8. The molecule has 4 aromatic rings. The Morgan fingerprint density at radius 1 is 0.926 bits per heavy atom. The van der Waals surface area contributed by atoms with E-state index in [2.05, 4.69) is 20.9 Å². The smallest absolute Gasteiger partial charge is 0.407 e. The first-order chi connectivity index (χ1) is 25.9. The normalized spacial score (nSPS) is 16.1. The molecule has 0 radical (unpaired) electrons. The zero-order valence-electron chi connectivity index (χ0n) is 31.5. The number of carbonyl (C=O) groups excluding carboxylic acids is 4. The maximum atomic E-state index is 14.2. The van der Waals surface area contributed by atoms with E-state index >= 15 is 0 Å². The number of anilines is 1. The van der Waals surface area contributed by atoms with Crippen molar-refractivity contribution in [1.29, 1.82) is 0 Å². The van der Waals surface area contributed by atoms with Gasteiger partial charge in [0.1, 0.15) is 17.0 Å². The second-order valence-corrected chi connectivity index (χ2v) is 14.8. The maximum Gasteiger partial charge on any atom is 0.407 e. The lowest BCUT2D eigenvalue weighted by molar-refractivity contribution is 0.0522. The van der Waals surface area contributed by atoms with Crippen LogP contribution in [0.3, 0.4) is 0 Å². The molecule has 2 aromatic carbocycles. The molecule has 0 unspecified atom stereocenters. The summed E-state index contributed by atoms with van der Waals surface area (Å²) < 4.78 is 16.6. The highest BCUT2D eigenvalue weighted by molar-refractivity contribution is 7.13. The van der Waals surface area contributed by atoms with Crippen LogP contribution < -0.4 is 20.7 Å². The number of benzene rings is 2. The Labute approximate surface area is 319 Å². The van der Waals surface area contributed by atoms with Gasteiger partial charge in [-0.15, -0.1) is 11.3 Å². The van der Waals surface area contributed by atoms with Crippen molar-refractivity contribution in [3.63, 3.8) is 0 Å². The van der Waals surface area contributed by atoms with Crippen LogP contribution >= 0.6 is 11.3 Å². The van der Waals surface area contributed by atoms with Gasteiger partial charge in [-0.1, -0.05) is 26.0 Å². The summed E-state index contributed by atoms with van der Waals surface area (Å²) in [6.45, 7) is 10.0. The first-order valence-corrected chi connectivity index (χ1v) is 19.1. The molecule has 3 heterocycles. The molecular formula is C41H48N4O8S. The number of fused-ring (bicyclic) bond motifs is 3. The van der Waals surface area contributed by atoms with Crippen molar-refractivity contribution in [2.45, 2.75) is 91.0 Å². The third-order valence-electron chi connectivity index (χ3n) is 8.86. The van der Waals surface area contributed by atoms with Crippen LogP contribution in [0.2, 0.25) is 0 Å². The van der Waals surface area contributed by atoms with Crippen molar-refractivity contribution in [3.8, 4) is 27.3 Å². The Bertz CT molecular complexity index is 1980. The van der Waals surface area contributed by atoms with Gasteiger partial charge in [-0.25, -0.2) is 14.6 Å². The Morgan fingerprint density at radius 3 is 2.33 bits per heavy atom. The molecule has 0 bridgehead atoms. The first kappa shape index (κ1) is 39.9. The summed E-state index contributed by atoms with van der Waals surface area (Å²) in [5, 5.41) is 20.5. The molecule has 54 heavy (non-hydrogen) atoms. The third-order valence-corrected chi connectivity index (χ3v) is 9.85. The van der Waals surface area contributed by atoms with Crippen LogP contribution in [0.4, 0.5) is 10.5 Å². The number of aromatic nitrogens is 1. The molecule has 6 rings (SSSR count). The van der Waals surface area contributed by atoms with Gasteiger partial charge in [-0.3, -0.25) is 9.59 Å². The monoisotopic (exact) mass is 756 g/mol. The summed E-state index contributed by atoms with van der Waals surface area (Å²) in [5.74, 6) is -1.12. The molecule has 2 aromatic heterocycles. The molecule has 13 heteroatoms. The molecule has 1 fully saturated rings. The van der Waals surface area contributed by atoms with Gasteiger partial charge in [0.05, 0.1) is 19.8 Å². The first-order valence-electron chi connectivity index (χ1n) is 18.2. The van der Waals surface area contributed by atoms with E-state index in [1.807, 2.05) is 25.3 Å². The lowest BCUT2D eigenvalue weighted by Gasteiger charge is -2.26. The van der Waals surface area contributed by atoms with Gasteiger partial charge in [0.25, 0.3) is 11.8 Å². The fourth-order valence-corrected chi connectivity index (χ4v) is 7.23. The lowest BCUT2D eigenvalue weighted by Crippen LogP contribution is -2.39. The van der Waals surface area contributed by atoms with Gasteiger partial charge in [-0.05, 0) is 105 Å². The van der Waals surface area contributed by atoms with Crippen molar-refractivity contribution in [2.75, 3.05) is 19.0 Å². The van der Waals surface area contributed by atoms with Crippen LogP contribution in [0, 0.1) is 0 Å². The Hall–Kier alpha value is -5.27. The largest absolute Gasteiger partial charge is 0.493 e. The summed E-state index contributed by atoms with van der Waals surface area (Å²) in [7, 11) is 1.23. The average Bonchev–Trinajstić information content (AvgIpc) is 3.56. The minimum absolute atomic E-state index is 0.0248. The number of pyridine rings is 1. The molecule has 12 nitrogen and oxygen atoms in total. The Kier molecular flexibility index (Phi) is 13.1. The highest BCUT2D eigenvalue weighted by atomic mass is 32.1. The quantitative estimate of drug-likeness (QED) is 0.133. The van der Waals surface area contributed by atoms with Crippen LogP contribution in [-0.4, -0.2) is 65.4 Å². The third kappa shape index (κ3) is 9.83. The molecule has 4 N–H and O–H groups in total. The van der Waals surface area contributed by atoms with Crippen LogP contribution in [0.1, 0.15) is 103 Å². The number of aliphatic hydroxyl groups is 1. The molecule has 0 atom stereocenters. The number of amides is 3. The number of ether oxygens (including phenoxy) is 3. The van der Waals surface area contributed by atoms with Crippen molar-refractivity contribution < 1.29 is 38.5 Å². The highest BCUT2D eigenvalue weighted by Gasteiger charge is 2.28. The SMILES string of the molecule is CC.COC(=O)c1nc(C(=O)NC2CCC(O)CC2)ccc1-c1cc2c(cc1C(=O)Nc1ccc(CNC(=O)OC(C)(C)C)cc1)-c1sccc1CCO2. The Balaban J connectivity index is 0.00000276. The standard InChI is InChI=1S/C39H42N4O8S.C2H6/c1-39(2,3)51-38(48)40-21-22-5-7-24(8-6-22)41-35(45)29-19-30-32(50-17-15-23-16-18-52-34(23)30)20-28(29)27-13-14-31(43-33(27)37(47)49-4)36(46)42-25-9-11-26(44)12-10-25;1-2/h5-8,13-14,16,18-20,25-26,44H,9-12,15,17,21H2,1-4H3,(H,40,48)(H,41,45)(H,42,46);1-2H3. The van der Waals surface area contributed by atoms with Crippen LogP contribution in [-0.2, 0) is 22.4 Å². The van der Waals surface area contributed by atoms with Crippen molar-refractivity contribution in [1.82, 2.24) is 15.6 Å². The molecule has 3 amide bonds. The van der Waals surface area contributed by atoms with Crippen molar-refractivity contribution in [2.24, 2.45) is 0 Å². The highest BCUT2D eigenvalue weighted by Crippen LogP contribution is 2.43. The number of hydrogen-bond acceptors (Lipinski definition) is 10. The number of esters is 1. The van der Waals surface area contributed by atoms with E-state index in [9.17, 15) is 24.3 Å². The van der Waals surface area contributed by atoms with Gasteiger partial charge < -0.3 is 35.3 Å². The van der Waals surface area contributed by atoms with Crippen LogP contribution in [0.5, 0.6) is 5.75 Å². The topological polar surface area (TPSA) is 165 Å². The predicted molar refractivity (Wildman–Crippen MR) is 208 cm³/mol.